The fourth-order valence-electron chi connectivity index (χ4n) is 2.70. The molecule has 0 fully saturated rings. The van der Waals surface area contributed by atoms with E-state index in [1.54, 1.807) is 7.11 Å². The lowest BCUT2D eigenvalue weighted by Gasteiger charge is -2.09. The van der Waals surface area contributed by atoms with Gasteiger partial charge < -0.3 is 10.1 Å². The predicted octanol–water partition coefficient (Wildman–Crippen LogP) is 4.61. The number of imidazole rings is 1. The monoisotopic (exact) mass is 309 g/mol. The van der Waals surface area contributed by atoms with E-state index < -0.39 is 0 Å². The highest BCUT2D eigenvalue weighted by Gasteiger charge is 2.13. The number of aromatic nitrogens is 2. The second-order valence-corrected chi connectivity index (χ2v) is 5.60. The van der Waals surface area contributed by atoms with Crippen LogP contribution in [0, 0.1) is 0 Å². The molecule has 0 aliphatic heterocycles. The molecule has 0 spiro atoms. The van der Waals surface area contributed by atoms with E-state index in [1.165, 1.54) is 19.3 Å². The quantitative estimate of drug-likeness (QED) is 0.648. The average molecular weight is 309 g/mol. The third-order valence-electron chi connectivity index (χ3n) is 3.97. The van der Waals surface area contributed by atoms with Crippen LogP contribution in [-0.4, -0.2) is 23.0 Å². The number of nitrogens with zero attached hydrogens (tertiary/aromatic N) is 2. The molecule has 0 aliphatic carbocycles. The van der Waals surface area contributed by atoms with Crippen LogP contribution in [0.1, 0.15) is 26.2 Å². The van der Waals surface area contributed by atoms with Crippen LogP contribution in [-0.2, 0) is 0 Å². The first-order valence-electron chi connectivity index (χ1n) is 8.19. The minimum atomic E-state index is 0.856. The van der Waals surface area contributed by atoms with Crippen LogP contribution >= 0.6 is 0 Å². The maximum Gasteiger partial charge on any atom is 0.139 e. The Kier molecular flexibility index (Phi) is 4.81. The lowest BCUT2D eigenvalue weighted by Crippen LogP contribution is -2.05. The standard InChI is InChI=1S/C19H23N3O/c1-3-4-6-13-20-19-18(15-9-11-16(23-2)12-10-15)21-17-8-5-7-14-22(17)19/h5,7-12,14,20H,3-4,6,13H2,1-2H3. The van der Waals surface area contributed by atoms with Crippen LogP contribution in [0.5, 0.6) is 5.75 Å². The number of nitrogens with one attached hydrogen (secondary N) is 1. The zero-order valence-corrected chi connectivity index (χ0v) is 13.7. The Bertz CT molecular complexity index is 762. The Labute approximate surface area is 137 Å². The molecule has 0 saturated carbocycles. The fraction of sp³-hybridized carbons (Fsp3) is 0.316. The second-order valence-electron chi connectivity index (χ2n) is 5.60. The molecule has 0 amide bonds. The van der Waals surface area contributed by atoms with Crippen molar-refractivity contribution in [3.8, 4) is 17.0 Å². The molecule has 3 aromatic rings. The van der Waals surface area contributed by atoms with Crippen molar-refractivity contribution in [3.63, 3.8) is 0 Å². The van der Waals surface area contributed by atoms with E-state index in [0.717, 1.165) is 35.0 Å². The summed E-state index contributed by atoms with van der Waals surface area (Å²) in [6.45, 7) is 3.18. The number of fused-ring (bicyclic) bond motifs is 1. The van der Waals surface area contributed by atoms with E-state index in [0.29, 0.717) is 0 Å². The van der Waals surface area contributed by atoms with Crippen LogP contribution < -0.4 is 10.1 Å². The van der Waals surface area contributed by atoms with Crippen molar-refractivity contribution in [3.05, 3.63) is 48.7 Å². The third kappa shape index (κ3) is 3.31. The summed E-state index contributed by atoms with van der Waals surface area (Å²) in [6, 6.07) is 14.1. The van der Waals surface area contributed by atoms with E-state index in [1.807, 2.05) is 30.3 Å². The van der Waals surface area contributed by atoms with E-state index in [9.17, 15) is 0 Å². The first-order valence-corrected chi connectivity index (χ1v) is 8.19. The van der Waals surface area contributed by atoms with Gasteiger partial charge in [0.25, 0.3) is 0 Å². The van der Waals surface area contributed by atoms with Gasteiger partial charge in [0, 0.05) is 18.3 Å². The summed E-state index contributed by atoms with van der Waals surface area (Å²) in [5, 5.41) is 3.57. The van der Waals surface area contributed by atoms with Gasteiger partial charge in [-0.05, 0) is 42.8 Å². The van der Waals surface area contributed by atoms with Crippen molar-refractivity contribution in [1.29, 1.82) is 0 Å². The van der Waals surface area contributed by atoms with Gasteiger partial charge in [-0.3, -0.25) is 4.40 Å². The predicted molar refractivity (Wildman–Crippen MR) is 95.2 cm³/mol. The first-order chi connectivity index (χ1) is 11.3. The van der Waals surface area contributed by atoms with E-state index in [4.69, 9.17) is 9.72 Å². The van der Waals surface area contributed by atoms with Crippen LogP contribution in [0.2, 0.25) is 0 Å². The molecule has 2 heterocycles. The number of unbranched alkanes of at least 4 members (excludes halogenated alkanes) is 2. The second kappa shape index (κ2) is 7.18. The summed E-state index contributed by atoms with van der Waals surface area (Å²) < 4.78 is 7.36. The molecule has 1 aromatic carbocycles. The largest absolute Gasteiger partial charge is 0.497 e. The highest BCUT2D eigenvalue weighted by molar-refractivity contribution is 5.76. The molecule has 23 heavy (non-hydrogen) atoms. The van der Waals surface area contributed by atoms with Crippen molar-refractivity contribution in [2.75, 3.05) is 19.0 Å². The van der Waals surface area contributed by atoms with Crippen molar-refractivity contribution in [2.45, 2.75) is 26.2 Å². The van der Waals surface area contributed by atoms with Gasteiger partial charge in [-0.1, -0.05) is 25.8 Å². The number of methoxy groups -OCH3 is 1. The summed E-state index contributed by atoms with van der Waals surface area (Å²) >= 11 is 0. The van der Waals surface area contributed by atoms with Gasteiger partial charge in [0.05, 0.1) is 7.11 Å². The Balaban J connectivity index is 1.96. The van der Waals surface area contributed by atoms with E-state index >= 15 is 0 Å². The number of pyridine rings is 1. The molecule has 0 unspecified atom stereocenters. The molecular formula is C19H23N3O. The van der Waals surface area contributed by atoms with Crippen LogP contribution in [0.15, 0.2) is 48.7 Å². The Morgan fingerprint density at radius 2 is 1.91 bits per heavy atom. The van der Waals surface area contributed by atoms with Gasteiger partial charge in [0.15, 0.2) is 0 Å². The summed E-state index contributed by atoms with van der Waals surface area (Å²) in [5.74, 6) is 1.91. The summed E-state index contributed by atoms with van der Waals surface area (Å²) in [7, 11) is 1.68. The van der Waals surface area contributed by atoms with Gasteiger partial charge in [-0.2, -0.15) is 0 Å². The van der Waals surface area contributed by atoms with Gasteiger partial charge in [0.2, 0.25) is 0 Å². The molecule has 4 nitrogen and oxygen atoms in total. The maximum absolute atomic E-state index is 5.24. The zero-order valence-electron chi connectivity index (χ0n) is 13.7. The summed E-state index contributed by atoms with van der Waals surface area (Å²) in [5.41, 5.74) is 3.03. The number of hydrogen-bond acceptors (Lipinski definition) is 3. The maximum atomic E-state index is 5.24. The van der Waals surface area contributed by atoms with E-state index in [-0.39, 0.29) is 0 Å². The normalized spacial score (nSPS) is 10.9. The van der Waals surface area contributed by atoms with Crippen LogP contribution in [0.3, 0.4) is 0 Å². The minimum absolute atomic E-state index is 0.856. The molecule has 2 aromatic heterocycles. The highest BCUT2D eigenvalue weighted by Crippen LogP contribution is 2.30. The third-order valence-corrected chi connectivity index (χ3v) is 3.97. The topological polar surface area (TPSA) is 38.6 Å². The minimum Gasteiger partial charge on any atom is -0.497 e. The highest BCUT2D eigenvalue weighted by atomic mass is 16.5. The lowest BCUT2D eigenvalue weighted by molar-refractivity contribution is 0.415. The number of benzene rings is 1. The van der Waals surface area contributed by atoms with Gasteiger partial charge in [0.1, 0.15) is 22.9 Å². The number of anilines is 1. The summed E-state index contributed by atoms with van der Waals surface area (Å²) in [4.78, 5) is 4.80. The van der Waals surface area contributed by atoms with Crippen molar-refractivity contribution >= 4 is 11.5 Å². The van der Waals surface area contributed by atoms with Gasteiger partial charge in [-0.25, -0.2) is 4.98 Å². The molecule has 0 radical (unpaired) electrons. The lowest BCUT2D eigenvalue weighted by atomic mass is 10.1. The van der Waals surface area contributed by atoms with Crippen molar-refractivity contribution in [1.82, 2.24) is 9.38 Å². The molecule has 4 heteroatoms. The molecule has 1 N–H and O–H groups in total. The molecule has 0 saturated heterocycles. The molecule has 0 atom stereocenters. The molecule has 3 rings (SSSR count). The molecule has 0 bridgehead atoms. The number of rotatable bonds is 7. The first kappa shape index (κ1) is 15.4. The molecular weight excluding hydrogens is 286 g/mol. The van der Waals surface area contributed by atoms with Crippen LogP contribution in [0.4, 0.5) is 5.82 Å². The van der Waals surface area contributed by atoms with Gasteiger partial charge in [-0.15, -0.1) is 0 Å². The summed E-state index contributed by atoms with van der Waals surface area (Å²) in [6.07, 6.45) is 5.68. The average Bonchev–Trinajstić information content (AvgIpc) is 2.97. The fourth-order valence-corrected chi connectivity index (χ4v) is 2.70. The Morgan fingerprint density at radius 3 is 2.65 bits per heavy atom. The van der Waals surface area contributed by atoms with Crippen molar-refractivity contribution in [2.24, 2.45) is 0 Å². The number of ether oxygens (including phenoxy) is 1. The smallest absolute Gasteiger partial charge is 0.139 e. The molecule has 0 aliphatic rings. The van der Waals surface area contributed by atoms with Gasteiger partial charge >= 0.3 is 0 Å². The zero-order chi connectivity index (χ0) is 16.1. The SMILES string of the molecule is CCCCCNc1c(-c2ccc(OC)cc2)nc2ccccn12. The van der Waals surface area contributed by atoms with Crippen LogP contribution in [0.25, 0.3) is 16.9 Å². The Morgan fingerprint density at radius 1 is 1.09 bits per heavy atom. The van der Waals surface area contributed by atoms with Crippen molar-refractivity contribution < 1.29 is 4.74 Å². The van der Waals surface area contributed by atoms with E-state index in [2.05, 4.69) is 35.0 Å². The molecule has 120 valence electrons. The Hall–Kier alpha value is -2.49. The number of hydrogen-bond donors (Lipinski definition) is 1.